The maximum Gasteiger partial charge on any atom is 0.319 e. The SMILES string of the molecule is CCOC(=O)[C@@H](C)Sc1nc(-c2ccco2)c(C#N)c(=O)[nH]1. The van der Waals surface area contributed by atoms with Gasteiger partial charge in [0.05, 0.1) is 12.9 Å². The summed E-state index contributed by atoms with van der Waals surface area (Å²) in [6.45, 7) is 3.64. The van der Waals surface area contributed by atoms with Crippen LogP contribution in [0.25, 0.3) is 11.5 Å². The highest BCUT2D eigenvalue weighted by Crippen LogP contribution is 2.24. The standard InChI is InChI=1S/C14H13N3O4S/c1-3-20-13(19)8(2)22-14-16-11(10-5-4-6-21-10)9(7-15)12(18)17-14/h4-6,8H,3H2,1-2H3,(H,16,17,18)/t8-/m1/s1. The summed E-state index contributed by atoms with van der Waals surface area (Å²) in [5.74, 6) is -0.0904. The average Bonchev–Trinajstić information content (AvgIpc) is 3.01. The Kier molecular flexibility index (Phi) is 5.01. The lowest BCUT2D eigenvalue weighted by Gasteiger charge is -2.10. The number of nitriles is 1. The van der Waals surface area contributed by atoms with E-state index in [-0.39, 0.29) is 23.0 Å². The molecular weight excluding hydrogens is 306 g/mol. The number of nitrogens with one attached hydrogen (secondary N) is 1. The van der Waals surface area contributed by atoms with Crippen molar-refractivity contribution in [3.8, 4) is 17.5 Å². The summed E-state index contributed by atoms with van der Waals surface area (Å²) >= 11 is 1.04. The van der Waals surface area contributed by atoms with Gasteiger partial charge in [0.15, 0.2) is 10.9 Å². The molecule has 2 rings (SSSR count). The van der Waals surface area contributed by atoms with Gasteiger partial charge in [-0.2, -0.15) is 5.26 Å². The number of thioether (sulfide) groups is 1. The van der Waals surface area contributed by atoms with Gasteiger partial charge in [0.25, 0.3) is 5.56 Å². The molecule has 1 atom stereocenters. The maximum atomic E-state index is 12.0. The van der Waals surface area contributed by atoms with E-state index in [9.17, 15) is 9.59 Å². The van der Waals surface area contributed by atoms with E-state index in [1.54, 1.807) is 26.0 Å². The van der Waals surface area contributed by atoms with Gasteiger partial charge >= 0.3 is 5.97 Å². The Morgan fingerprint density at radius 2 is 2.41 bits per heavy atom. The minimum absolute atomic E-state index is 0.136. The van der Waals surface area contributed by atoms with Crippen molar-refractivity contribution in [3.63, 3.8) is 0 Å². The van der Waals surface area contributed by atoms with Gasteiger partial charge in [-0.05, 0) is 26.0 Å². The second-order valence-corrected chi connectivity index (χ2v) is 5.53. The van der Waals surface area contributed by atoms with E-state index in [1.165, 1.54) is 6.26 Å². The Morgan fingerprint density at radius 1 is 1.64 bits per heavy atom. The van der Waals surface area contributed by atoms with Gasteiger partial charge < -0.3 is 14.1 Å². The summed E-state index contributed by atoms with van der Waals surface area (Å²) in [4.78, 5) is 30.3. The van der Waals surface area contributed by atoms with Crippen molar-refractivity contribution in [2.45, 2.75) is 24.3 Å². The van der Waals surface area contributed by atoms with E-state index in [0.717, 1.165) is 11.8 Å². The molecule has 2 aromatic rings. The van der Waals surface area contributed by atoms with Crippen LogP contribution in [-0.2, 0) is 9.53 Å². The molecule has 0 bridgehead atoms. The van der Waals surface area contributed by atoms with E-state index in [4.69, 9.17) is 14.4 Å². The van der Waals surface area contributed by atoms with E-state index < -0.39 is 16.8 Å². The second-order valence-electron chi connectivity index (χ2n) is 4.20. The molecule has 0 spiro atoms. The number of aromatic amines is 1. The van der Waals surface area contributed by atoms with Crippen LogP contribution in [0.4, 0.5) is 0 Å². The number of rotatable bonds is 5. The van der Waals surface area contributed by atoms with Crippen LogP contribution in [-0.4, -0.2) is 27.8 Å². The van der Waals surface area contributed by atoms with Crippen LogP contribution >= 0.6 is 11.8 Å². The van der Waals surface area contributed by atoms with Crippen molar-refractivity contribution in [1.82, 2.24) is 9.97 Å². The fourth-order valence-electron chi connectivity index (χ4n) is 1.68. The first-order valence-electron chi connectivity index (χ1n) is 6.48. The van der Waals surface area contributed by atoms with Crippen molar-refractivity contribution in [3.05, 3.63) is 34.3 Å². The summed E-state index contributed by atoms with van der Waals surface area (Å²) in [5, 5.41) is 8.77. The molecule has 0 radical (unpaired) electrons. The first kappa shape index (κ1) is 15.9. The molecule has 1 N–H and O–H groups in total. The molecule has 8 heteroatoms. The first-order valence-corrected chi connectivity index (χ1v) is 7.36. The number of furan rings is 1. The van der Waals surface area contributed by atoms with Gasteiger partial charge in [0, 0.05) is 0 Å². The van der Waals surface area contributed by atoms with Crippen molar-refractivity contribution < 1.29 is 13.9 Å². The lowest BCUT2D eigenvalue weighted by Crippen LogP contribution is -2.19. The summed E-state index contributed by atoms with van der Waals surface area (Å²) in [5.41, 5.74) is -0.569. The quantitative estimate of drug-likeness (QED) is 0.509. The molecule has 2 heterocycles. The number of carbonyl (C=O) groups is 1. The highest BCUT2D eigenvalue weighted by Gasteiger charge is 2.20. The first-order chi connectivity index (χ1) is 10.6. The fourth-order valence-corrected chi connectivity index (χ4v) is 2.47. The minimum Gasteiger partial charge on any atom is -0.465 e. The maximum absolute atomic E-state index is 12.0. The van der Waals surface area contributed by atoms with Gasteiger partial charge in [-0.25, -0.2) is 4.98 Å². The summed E-state index contributed by atoms with van der Waals surface area (Å²) in [6, 6.07) is 5.04. The van der Waals surface area contributed by atoms with Crippen LogP contribution in [0.15, 0.2) is 32.8 Å². The van der Waals surface area contributed by atoms with Crippen LogP contribution in [0.3, 0.4) is 0 Å². The molecule has 0 amide bonds. The third-order valence-electron chi connectivity index (χ3n) is 2.67. The van der Waals surface area contributed by atoms with E-state index in [2.05, 4.69) is 9.97 Å². The number of nitrogens with zero attached hydrogens (tertiary/aromatic N) is 2. The van der Waals surface area contributed by atoms with Crippen molar-refractivity contribution in [2.24, 2.45) is 0 Å². The lowest BCUT2D eigenvalue weighted by atomic mass is 10.2. The molecular formula is C14H13N3O4S. The summed E-state index contributed by atoms with van der Waals surface area (Å²) < 4.78 is 10.1. The molecule has 0 aliphatic carbocycles. The monoisotopic (exact) mass is 319 g/mol. The Bertz CT molecular complexity index is 761. The number of H-pyrrole nitrogens is 1. The fraction of sp³-hybridized carbons (Fsp3) is 0.286. The number of ether oxygens (including phenoxy) is 1. The van der Waals surface area contributed by atoms with Gasteiger partial charge in [-0.15, -0.1) is 0 Å². The van der Waals surface area contributed by atoms with Crippen LogP contribution in [0.1, 0.15) is 19.4 Å². The molecule has 7 nitrogen and oxygen atoms in total. The molecule has 0 aromatic carbocycles. The molecule has 0 fully saturated rings. The number of hydrogen-bond acceptors (Lipinski definition) is 7. The van der Waals surface area contributed by atoms with Crippen LogP contribution in [0.2, 0.25) is 0 Å². The van der Waals surface area contributed by atoms with Crippen LogP contribution in [0.5, 0.6) is 0 Å². The van der Waals surface area contributed by atoms with Gasteiger partial charge in [0.2, 0.25) is 0 Å². The zero-order valence-corrected chi connectivity index (χ0v) is 12.8. The Morgan fingerprint density at radius 3 is 3.00 bits per heavy atom. The zero-order valence-electron chi connectivity index (χ0n) is 12.0. The topological polar surface area (TPSA) is 109 Å². The van der Waals surface area contributed by atoms with E-state index >= 15 is 0 Å². The summed E-state index contributed by atoms with van der Waals surface area (Å²) in [6.07, 6.45) is 1.42. The Labute approximate surface area is 130 Å². The normalized spacial score (nSPS) is 11.7. The van der Waals surface area contributed by atoms with Gasteiger partial charge in [-0.1, -0.05) is 11.8 Å². The Hall–Kier alpha value is -2.53. The van der Waals surface area contributed by atoms with Crippen molar-refractivity contribution in [2.75, 3.05) is 6.61 Å². The van der Waals surface area contributed by atoms with Crippen LogP contribution in [0, 0.1) is 11.3 Å². The second kappa shape index (κ2) is 6.95. The Balaban J connectivity index is 2.37. The van der Waals surface area contributed by atoms with Gasteiger partial charge in [-0.3, -0.25) is 9.59 Å². The average molecular weight is 319 g/mol. The molecule has 0 saturated heterocycles. The largest absolute Gasteiger partial charge is 0.465 e. The minimum atomic E-state index is -0.581. The van der Waals surface area contributed by atoms with Crippen LogP contribution < -0.4 is 5.56 Å². The molecule has 114 valence electrons. The van der Waals surface area contributed by atoms with E-state index in [1.807, 2.05) is 6.07 Å². The molecule has 0 aliphatic heterocycles. The van der Waals surface area contributed by atoms with E-state index in [0.29, 0.717) is 5.76 Å². The molecule has 0 unspecified atom stereocenters. The predicted octanol–water partition coefficient (Wildman–Crippen LogP) is 1.95. The third-order valence-corrected chi connectivity index (χ3v) is 3.63. The molecule has 2 aromatic heterocycles. The summed E-state index contributed by atoms with van der Waals surface area (Å²) in [7, 11) is 0. The lowest BCUT2D eigenvalue weighted by molar-refractivity contribution is -0.142. The molecule has 22 heavy (non-hydrogen) atoms. The number of aromatic nitrogens is 2. The number of esters is 1. The molecule has 0 saturated carbocycles. The highest BCUT2D eigenvalue weighted by atomic mass is 32.2. The molecule has 0 aliphatic rings. The van der Waals surface area contributed by atoms with Crippen molar-refractivity contribution >= 4 is 17.7 Å². The number of carbonyl (C=O) groups excluding carboxylic acids is 1. The smallest absolute Gasteiger partial charge is 0.319 e. The number of hydrogen-bond donors (Lipinski definition) is 1. The predicted molar refractivity (Wildman–Crippen MR) is 79.2 cm³/mol. The van der Waals surface area contributed by atoms with Crippen molar-refractivity contribution in [1.29, 1.82) is 5.26 Å². The van der Waals surface area contributed by atoms with Gasteiger partial charge in [0.1, 0.15) is 22.6 Å². The zero-order chi connectivity index (χ0) is 16.1. The third kappa shape index (κ3) is 3.38. The highest BCUT2D eigenvalue weighted by molar-refractivity contribution is 8.00.